The second-order valence-electron chi connectivity index (χ2n) is 7.03. The lowest BCUT2D eigenvalue weighted by atomic mass is 10.1. The van der Waals surface area contributed by atoms with Crippen LogP contribution in [-0.2, 0) is 12.3 Å². The van der Waals surface area contributed by atoms with E-state index in [9.17, 15) is 0 Å². The Balaban J connectivity index is 1.50. The fraction of sp³-hybridized carbons (Fsp3) is 0.318. The molecule has 0 aliphatic heterocycles. The number of fused-ring (bicyclic) bond motifs is 1. The van der Waals surface area contributed by atoms with Gasteiger partial charge in [-0.2, -0.15) is 0 Å². The third-order valence-corrected chi connectivity index (χ3v) is 6.05. The van der Waals surface area contributed by atoms with Gasteiger partial charge in [-0.05, 0) is 57.0 Å². The molecular weight excluding hydrogens is 382 g/mol. The van der Waals surface area contributed by atoms with Gasteiger partial charge in [0, 0.05) is 24.7 Å². The molecule has 0 saturated carbocycles. The Morgan fingerprint density at radius 2 is 1.97 bits per heavy atom. The number of hydrogen-bond donors (Lipinski definition) is 0. The first-order chi connectivity index (χ1) is 14.1. The van der Waals surface area contributed by atoms with Crippen LogP contribution in [0.15, 0.2) is 53.9 Å². The zero-order chi connectivity index (χ0) is 20.4. The Kier molecular flexibility index (Phi) is 5.58. The summed E-state index contributed by atoms with van der Waals surface area (Å²) in [6.45, 7) is 9.09. The van der Waals surface area contributed by atoms with Crippen molar-refractivity contribution in [1.29, 1.82) is 0 Å². The summed E-state index contributed by atoms with van der Waals surface area (Å²) in [7, 11) is 0. The van der Waals surface area contributed by atoms with Crippen molar-refractivity contribution in [1.82, 2.24) is 24.1 Å². The van der Waals surface area contributed by atoms with Gasteiger partial charge in [-0.25, -0.2) is 4.98 Å². The molecule has 1 atom stereocenters. The van der Waals surface area contributed by atoms with Gasteiger partial charge in [0.25, 0.3) is 0 Å². The molecule has 0 saturated heterocycles. The Bertz CT molecular complexity index is 1100. The van der Waals surface area contributed by atoms with E-state index >= 15 is 0 Å². The number of pyridine rings is 1. The topological polar surface area (TPSA) is 57.2 Å². The molecule has 1 aromatic carbocycles. The van der Waals surface area contributed by atoms with E-state index in [-0.39, 0.29) is 6.10 Å². The zero-order valence-electron chi connectivity index (χ0n) is 17.2. The molecule has 0 aliphatic carbocycles. The lowest BCUT2D eigenvalue weighted by Crippen LogP contribution is -2.12. The molecule has 7 heteroatoms. The summed E-state index contributed by atoms with van der Waals surface area (Å²) in [6, 6.07) is 12.1. The van der Waals surface area contributed by atoms with Crippen molar-refractivity contribution in [2.75, 3.05) is 0 Å². The fourth-order valence-corrected chi connectivity index (χ4v) is 4.19. The van der Waals surface area contributed by atoms with Crippen LogP contribution in [0, 0.1) is 13.8 Å². The first-order valence-corrected chi connectivity index (χ1v) is 10.8. The summed E-state index contributed by atoms with van der Waals surface area (Å²) < 4.78 is 10.4. The second kappa shape index (κ2) is 8.29. The van der Waals surface area contributed by atoms with Crippen LogP contribution in [0.25, 0.3) is 5.65 Å². The summed E-state index contributed by atoms with van der Waals surface area (Å²) in [5.74, 6) is 2.47. The highest BCUT2D eigenvalue weighted by molar-refractivity contribution is 7.98. The van der Waals surface area contributed by atoms with Crippen LogP contribution >= 0.6 is 11.8 Å². The standard InChI is InChI=1S/C22H25N5OS/c1-5-27-21(17(4)28-19-10-8-9-15(2)16(19)3)24-25-22(27)29-14-18-13-26-12-7-6-11-20(26)23-18/h6-13,17H,5,14H2,1-4H3. The van der Waals surface area contributed by atoms with Crippen LogP contribution in [0.1, 0.15) is 42.6 Å². The van der Waals surface area contributed by atoms with Crippen molar-refractivity contribution in [2.24, 2.45) is 0 Å². The molecule has 0 bridgehead atoms. The van der Waals surface area contributed by atoms with Crippen LogP contribution in [0.3, 0.4) is 0 Å². The second-order valence-corrected chi connectivity index (χ2v) is 7.97. The smallest absolute Gasteiger partial charge is 0.191 e. The Labute approximate surface area is 175 Å². The van der Waals surface area contributed by atoms with Gasteiger partial charge in [-0.3, -0.25) is 0 Å². The van der Waals surface area contributed by atoms with Crippen molar-refractivity contribution in [2.45, 2.75) is 51.3 Å². The van der Waals surface area contributed by atoms with Crippen LogP contribution in [0.5, 0.6) is 5.75 Å². The molecule has 0 spiro atoms. The fourth-order valence-electron chi connectivity index (χ4n) is 3.29. The molecule has 6 nitrogen and oxygen atoms in total. The maximum atomic E-state index is 6.22. The molecule has 4 aromatic rings. The first-order valence-electron chi connectivity index (χ1n) is 9.78. The monoisotopic (exact) mass is 407 g/mol. The Morgan fingerprint density at radius 3 is 2.76 bits per heavy atom. The number of nitrogens with zero attached hydrogens (tertiary/aromatic N) is 5. The molecule has 1 unspecified atom stereocenters. The van der Waals surface area contributed by atoms with Crippen LogP contribution in [-0.4, -0.2) is 24.1 Å². The average Bonchev–Trinajstić information content (AvgIpc) is 3.32. The van der Waals surface area contributed by atoms with E-state index < -0.39 is 0 Å². The van der Waals surface area contributed by atoms with Crippen LogP contribution < -0.4 is 4.74 Å². The highest BCUT2D eigenvalue weighted by Crippen LogP contribution is 2.28. The van der Waals surface area contributed by atoms with E-state index in [1.165, 1.54) is 5.56 Å². The van der Waals surface area contributed by atoms with Crippen molar-refractivity contribution in [3.05, 3.63) is 71.4 Å². The third kappa shape index (κ3) is 4.00. The average molecular weight is 408 g/mol. The van der Waals surface area contributed by atoms with Gasteiger partial charge in [0.15, 0.2) is 17.1 Å². The zero-order valence-corrected chi connectivity index (χ0v) is 18.0. The highest BCUT2D eigenvalue weighted by Gasteiger charge is 2.20. The molecule has 0 amide bonds. The number of imidazole rings is 1. The molecule has 0 N–H and O–H groups in total. The minimum Gasteiger partial charge on any atom is -0.482 e. The normalized spacial score (nSPS) is 12.4. The summed E-state index contributed by atoms with van der Waals surface area (Å²) in [6.07, 6.45) is 3.88. The molecular formula is C22H25N5OS. The summed E-state index contributed by atoms with van der Waals surface area (Å²) in [4.78, 5) is 4.66. The molecule has 0 radical (unpaired) electrons. The largest absolute Gasteiger partial charge is 0.482 e. The Morgan fingerprint density at radius 1 is 1.10 bits per heavy atom. The number of aromatic nitrogens is 5. The number of thioether (sulfide) groups is 1. The van der Waals surface area contributed by atoms with Gasteiger partial charge in [-0.15, -0.1) is 10.2 Å². The van der Waals surface area contributed by atoms with E-state index in [0.717, 1.165) is 45.9 Å². The van der Waals surface area contributed by atoms with Crippen molar-refractivity contribution < 1.29 is 4.74 Å². The molecule has 0 aliphatic rings. The lowest BCUT2D eigenvalue weighted by Gasteiger charge is -2.17. The molecule has 3 heterocycles. The third-order valence-electron chi connectivity index (χ3n) is 5.05. The van der Waals surface area contributed by atoms with Gasteiger partial charge in [0.05, 0.1) is 5.69 Å². The number of aryl methyl sites for hydroxylation is 1. The van der Waals surface area contributed by atoms with Gasteiger partial charge in [0.1, 0.15) is 11.4 Å². The summed E-state index contributed by atoms with van der Waals surface area (Å²) in [5.41, 5.74) is 4.35. The van der Waals surface area contributed by atoms with Crippen molar-refractivity contribution >= 4 is 17.4 Å². The predicted molar refractivity (Wildman–Crippen MR) is 115 cm³/mol. The SMILES string of the molecule is CCn1c(SCc2cn3ccccc3n2)nnc1C(C)Oc1cccc(C)c1C. The highest BCUT2D eigenvalue weighted by atomic mass is 32.2. The number of hydrogen-bond acceptors (Lipinski definition) is 5. The molecule has 150 valence electrons. The number of benzene rings is 1. The van der Waals surface area contributed by atoms with Crippen LogP contribution in [0.2, 0.25) is 0 Å². The minimum absolute atomic E-state index is 0.188. The lowest BCUT2D eigenvalue weighted by molar-refractivity contribution is 0.208. The van der Waals surface area contributed by atoms with Crippen LogP contribution in [0.4, 0.5) is 0 Å². The molecule has 4 rings (SSSR count). The predicted octanol–water partition coefficient (Wildman–Crippen LogP) is 4.99. The summed E-state index contributed by atoms with van der Waals surface area (Å²) >= 11 is 1.65. The van der Waals surface area contributed by atoms with E-state index in [0.29, 0.717) is 0 Å². The van der Waals surface area contributed by atoms with Gasteiger partial charge < -0.3 is 13.7 Å². The number of rotatable bonds is 7. The van der Waals surface area contributed by atoms with Crippen molar-refractivity contribution in [3.8, 4) is 5.75 Å². The molecule has 29 heavy (non-hydrogen) atoms. The molecule has 3 aromatic heterocycles. The van der Waals surface area contributed by atoms with E-state index in [2.05, 4.69) is 52.8 Å². The maximum absolute atomic E-state index is 6.22. The van der Waals surface area contributed by atoms with E-state index in [4.69, 9.17) is 4.74 Å². The van der Waals surface area contributed by atoms with Gasteiger partial charge in [0.2, 0.25) is 0 Å². The first kappa shape index (κ1) is 19.5. The number of ether oxygens (including phenoxy) is 1. The van der Waals surface area contributed by atoms with Crippen molar-refractivity contribution in [3.63, 3.8) is 0 Å². The van der Waals surface area contributed by atoms with Gasteiger partial charge in [-0.1, -0.05) is 30.0 Å². The van der Waals surface area contributed by atoms with E-state index in [1.807, 2.05) is 47.9 Å². The Hall–Kier alpha value is -2.80. The minimum atomic E-state index is -0.188. The van der Waals surface area contributed by atoms with E-state index in [1.54, 1.807) is 11.8 Å². The summed E-state index contributed by atoms with van der Waals surface area (Å²) in [5, 5.41) is 9.74. The quantitative estimate of drug-likeness (QED) is 0.404. The maximum Gasteiger partial charge on any atom is 0.191 e. The molecule has 0 fully saturated rings. The van der Waals surface area contributed by atoms with Gasteiger partial charge >= 0.3 is 0 Å².